The lowest BCUT2D eigenvalue weighted by Crippen LogP contribution is -2.35. The second-order valence-corrected chi connectivity index (χ2v) is 21.3. The lowest BCUT2D eigenvalue weighted by atomic mass is 10.0. The van der Waals surface area contributed by atoms with Crippen molar-refractivity contribution in [3.05, 3.63) is 102 Å². The quantitative estimate of drug-likeness (QED) is 0.138. The first kappa shape index (κ1) is 45.9. The average Bonchev–Trinajstić information content (AvgIpc) is 3.68. The summed E-state index contributed by atoms with van der Waals surface area (Å²) >= 11 is 0. The van der Waals surface area contributed by atoms with E-state index < -0.39 is 61.5 Å². The van der Waals surface area contributed by atoms with Crippen molar-refractivity contribution < 1.29 is 66.7 Å². The topological polar surface area (TPSA) is 171 Å². The van der Waals surface area contributed by atoms with Crippen molar-refractivity contribution in [3.63, 3.8) is 0 Å². The summed E-state index contributed by atoms with van der Waals surface area (Å²) in [7, 11) is -7.37. The number of likely N-dealkylation sites (tertiary alicyclic amines) is 2. The van der Waals surface area contributed by atoms with Crippen LogP contribution >= 0.6 is 0 Å². The van der Waals surface area contributed by atoms with Gasteiger partial charge in [-0.25, -0.2) is 26.8 Å². The molecule has 5 heterocycles. The fourth-order valence-electron chi connectivity index (χ4n) is 8.64. The van der Waals surface area contributed by atoms with Crippen molar-refractivity contribution in [3.8, 4) is 11.5 Å². The normalized spacial score (nSPS) is 23.6. The molecule has 14 nitrogen and oxygen atoms in total. The van der Waals surface area contributed by atoms with Crippen LogP contribution in [0.3, 0.4) is 0 Å². The molecule has 4 unspecified atom stereocenters. The number of halogens is 6. The third kappa shape index (κ3) is 8.90. The second-order valence-electron chi connectivity index (χ2n) is 17.3. The van der Waals surface area contributed by atoms with Crippen LogP contribution in [0.5, 0.6) is 11.5 Å². The Morgan fingerprint density at radius 3 is 1.72 bits per heavy atom. The van der Waals surface area contributed by atoms with Gasteiger partial charge in [0.1, 0.15) is 22.9 Å². The van der Waals surface area contributed by atoms with Crippen molar-refractivity contribution >= 4 is 37.1 Å². The van der Waals surface area contributed by atoms with Gasteiger partial charge < -0.3 is 28.1 Å². The fraction of sp³-hybridized carbons (Fsp3) is 0.442. The van der Waals surface area contributed by atoms with Gasteiger partial charge in [0.2, 0.25) is 5.89 Å². The molecule has 0 spiro atoms. The van der Waals surface area contributed by atoms with E-state index in [1.54, 1.807) is 18.0 Å². The van der Waals surface area contributed by atoms with E-state index in [1.165, 1.54) is 4.90 Å². The summed E-state index contributed by atoms with van der Waals surface area (Å²) in [5.41, 5.74) is 0.519. The molecule has 65 heavy (non-hydrogen) atoms. The largest absolute Gasteiger partial charge is 0.480 e. The van der Waals surface area contributed by atoms with E-state index in [4.69, 9.17) is 18.9 Å². The molecule has 5 aromatic rings. The first-order chi connectivity index (χ1) is 30.2. The van der Waals surface area contributed by atoms with Crippen molar-refractivity contribution in [2.45, 2.75) is 78.8 Å². The molecule has 2 aliphatic carbocycles. The number of carbonyl (C=O) groups is 2. The van der Waals surface area contributed by atoms with Gasteiger partial charge in [-0.05, 0) is 94.0 Å². The van der Waals surface area contributed by atoms with Crippen LogP contribution in [-0.2, 0) is 30.5 Å². The zero-order chi connectivity index (χ0) is 47.2. The molecule has 4 aliphatic rings. The minimum atomic E-state index is -4.64. The van der Waals surface area contributed by atoms with Crippen LogP contribution in [0, 0.1) is 18.8 Å². The number of piperidine rings is 2. The van der Waals surface area contributed by atoms with E-state index in [2.05, 4.69) is 4.98 Å². The number of hydrogen-bond acceptors (Lipinski definition) is 11. The molecule has 22 heteroatoms. The zero-order valence-electron chi connectivity index (χ0n) is 35.5. The van der Waals surface area contributed by atoms with Gasteiger partial charge in [-0.1, -0.05) is 6.07 Å². The van der Waals surface area contributed by atoms with Gasteiger partial charge in [0, 0.05) is 56.5 Å². The van der Waals surface area contributed by atoms with Gasteiger partial charge in [-0.3, -0.25) is 9.59 Å². The highest BCUT2D eigenvalue weighted by molar-refractivity contribution is 7.91. The van der Waals surface area contributed by atoms with Gasteiger partial charge in [0.15, 0.2) is 31.9 Å². The Hall–Kier alpha value is -5.64. The van der Waals surface area contributed by atoms with Gasteiger partial charge >= 0.3 is 12.4 Å². The first-order valence-corrected chi connectivity index (χ1v) is 24.1. The van der Waals surface area contributed by atoms with E-state index in [-0.39, 0.29) is 56.2 Å². The number of rotatable bonds is 10. The first-order valence-electron chi connectivity index (χ1n) is 20.3. The summed E-state index contributed by atoms with van der Waals surface area (Å²) in [6, 6.07) is 12.3. The number of fused-ring (bicyclic) bond motifs is 3. The predicted molar refractivity (Wildman–Crippen MR) is 219 cm³/mol. The number of sulfone groups is 2. The van der Waals surface area contributed by atoms with Crippen LogP contribution in [0.1, 0.15) is 64.7 Å². The molecule has 6 atom stereocenters. The van der Waals surface area contributed by atoms with Crippen molar-refractivity contribution in [2.75, 3.05) is 38.7 Å². The molecule has 2 saturated carbocycles. The summed E-state index contributed by atoms with van der Waals surface area (Å²) in [6.07, 6.45) is -4.60. The lowest BCUT2D eigenvalue weighted by Gasteiger charge is -2.24. The van der Waals surface area contributed by atoms with Gasteiger partial charge in [0.05, 0.1) is 38.2 Å². The van der Waals surface area contributed by atoms with Crippen LogP contribution < -0.4 is 9.47 Å². The standard InChI is InChI=1S/C23H22F3N3O4S.C20H21F3N2O5S/c1-14(23(24,25)26)33-18-7-6-16(34(2,31)32)9-17(18)21(30)29-11-15-10-22(15,13-29)19-12-28-8-4-3-5-20(28)27-19;1-11-8-24-18(29-11)19-7-13(19)9-25(10-19)17(26)15-6-14(31(3,27)28)4-5-16(15)30-12(2)20(21,22)23/h3-9,12,14-15H,10-11,13H2,1-2H3;4-6,8,12-13H,7,9-10H2,1-3H3/t14-,15?,22?;12-,13?,19?/m00/s1. The summed E-state index contributed by atoms with van der Waals surface area (Å²) in [4.78, 5) is 38.3. The van der Waals surface area contributed by atoms with E-state index >= 15 is 0 Å². The van der Waals surface area contributed by atoms with Crippen LogP contribution in [0.2, 0.25) is 0 Å². The predicted octanol–water partition coefficient (Wildman–Crippen LogP) is 6.61. The molecular formula is C43H43F6N5O9S2. The molecule has 348 valence electrons. The molecule has 0 radical (unpaired) electrons. The number of aromatic nitrogens is 3. The molecule has 0 N–H and O–H groups in total. The summed E-state index contributed by atoms with van der Waals surface area (Å²) in [5.74, 6) is -0.276. The number of nitrogens with zero attached hydrogens (tertiary/aromatic N) is 5. The summed E-state index contributed by atoms with van der Waals surface area (Å²) < 4.78 is 144. The van der Waals surface area contributed by atoms with Crippen LogP contribution in [-0.4, -0.2) is 116 Å². The Kier molecular flexibility index (Phi) is 11.1. The second kappa shape index (κ2) is 15.8. The van der Waals surface area contributed by atoms with Crippen molar-refractivity contribution in [2.24, 2.45) is 11.8 Å². The highest BCUT2D eigenvalue weighted by Crippen LogP contribution is 2.60. The number of pyridine rings is 1. The Morgan fingerprint density at radius 2 is 1.26 bits per heavy atom. The molecule has 4 fully saturated rings. The molecular weight excluding hydrogens is 909 g/mol. The maximum Gasteiger partial charge on any atom is 0.425 e. The highest BCUT2D eigenvalue weighted by atomic mass is 32.2. The lowest BCUT2D eigenvalue weighted by molar-refractivity contribution is -0.189. The number of ether oxygens (including phenoxy) is 2. The van der Waals surface area contributed by atoms with E-state index in [9.17, 15) is 52.8 Å². The molecule has 0 bridgehead atoms. The number of aryl methyl sites for hydroxylation is 1. The molecule has 2 aliphatic heterocycles. The summed E-state index contributed by atoms with van der Waals surface area (Å²) in [6.45, 7) is 4.84. The number of benzene rings is 2. The number of amides is 2. The third-order valence-electron chi connectivity index (χ3n) is 12.5. The smallest absolute Gasteiger partial charge is 0.425 e. The Balaban J connectivity index is 0.000000178. The Bertz CT molecular complexity index is 2900. The average molecular weight is 952 g/mol. The fourth-order valence-corrected chi connectivity index (χ4v) is 9.93. The van der Waals surface area contributed by atoms with Crippen molar-refractivity contribution in [1.29, 1.82) is 0 Å². The van der Waals surface area contributed by atoms with Gasteiger partial charge in [-0.2, -0.15) is 26.3 Å². The summed E-state index contributed by atoms with van der Waals surface area (Å²) in [5, 5.41) is 0. The molecule has 2 aromatic carbocycles. The maximum absolute atomic E-state index is 13.4. The molecule has 9 rings (SSSR count). The molecule has 3 aromatic heterocycles. The van der Waals surface area contributed by atoms with E-state index in [1.807, 2.05) is 35.0 Å². The van der Waals surface area contributed by atoms with Crippen LogP contribution in [0.25, 0.3) is 5.65 Å². The van der Waals surface area contributed by atoms with Crippen LogP contribution in [0.4, 0.5) is 26.3 Å². The van der Waals surface area contributed by atoms with Crippen LogP contribution in [0.15, 0.2) is 87.4 Å². The monoisotopic (exact) mass is 951 g/mol. The number of oxazole rings is 1. The zero-order valence-corrected chi connectivity index (χ0v) is 37.1. The Morgan fingerprint density at radius 1 is 0.769 bits per heavy atom. The SMILES string of the molecule is C[C@H](Oc1ccc(S(C)(=O)=O)cc1C(=O)N1CC2CC2(c2cn3ccccc3n2)C1)C(F)(F)F.Cc1cnc(C23CC2CN(C(=O)c2cc(S(C)(=O)=O)ccc2O[C@@H](C)C(F)(F)F)C3)o1. The number of alkyl halides is 6. The Labute approximate surface area is 369 Å². The third-order valence-corrected chi connectivity index (χ3v) is 14.8. The van der Waals surface area contributed by atoms with E-state index in [0.29, 0.717) is 31.3 Å². The van der Waals surface area contributed by atoms with E-state index in [0.717, 1.165) is 86.9 Å². The van der Waals surface area contributed by atoms with Gasteiger partial charge in [0.25, 0.3) is 11.8 Å². The molecule has 2 saturated heterocycles. The minimum Gasteiger partial charge on any atom is -0.480 e. The van der Waals surface area contributed by atoms with Gasteiger partial charge in [-0.15, -0.1) is 0 Å². The number of hydrogen-bond donors (Lipinski definition) is 0. The molecule has 2 amide bonds. The highest BCUT2D eigenvalue weighted by Gasteiger charge is 2.65. The number of imidazole rings is 1. The van der Waals surface area contributed by atoms with Crippen molar-refractivity contribution in [1.82, 2.24) is 24.2 Å². The maximum atomic E-state index is 13.4. The minimum absolute atomic E-state index is 0.131. The number of carbonyl (C=O) groups excluding carboxylic acids is 2.